The molecule has 178 valence electrons. The Bertz CT molecular complexity index is 1330. The van der Waals surface area contributed by atoms with Crippen molar-refractivity contribution in [2.24, 2.45) is 0 Å². The van der Waals surface area contributed by atoms with Crippen molar-refractivity contribution >= 4 is 69.2 Å². The van der Waals surface area contributed by atoms with Crippen LogP contribution in [0.25, 0.3) is 6.08 Å². The van der Waals surface area contributed by atoms with E-state index in [4.69, 9.17) is 44.9 Å². The monoisotopic (exact) mass is 541 g/mol. The number of allylic oxidation sites excluding steroid dienone is 1. The number of carbonyl (C=O) groups excluding carboxylic acids is 1. The standard InChI is InChI=1S/C27H21Cl2NO3S2/c1-3-7-19-12-18(13-23(32-2)25(19)33-16-17-8-5-4-6-9-17)14-24-26(31)30(27(34)35-24)22-11-10-20(28)15-21(22)29/h3-6,8-15H,1,7,16H2,2H3/b24-14+. The number of ether oxygens (including phenoxy) is 2. The molecule has 4 nitrogen and oxygen atoms in total. The molecular formula is C27H21Cl2NO3S2. The molecule has 1 amide bonds. The van der Waals surface area contributed by atoms with Crippen molar-refractivity contribution in [1.82, 2.24) is 0 Å². The summed E-state index contributed by atoms with van der Waals surface area (Å²) in [6.45, 7) is 4.27. The van der Waals surface area contributed by atoms with Gasteiger partial charge in [0.25, 0.3) is 5.91 Å². The van der Waals surface area contributed by atoms with E-state index in [1.165, 1.54) is 16.7 Å². The predicted molar refractivity (Wildman–Crippen MR) is 150 cm³/mol. The van der Waals surface area contributed by atoms with Crippen LogP contribution in [0.2, 0.25) is 10.0 Å². The van der Waals surface area contributed by atoms with Gasteiger partial charge in [-0.1, -0.05) is 83.6 Å². The number of hydrogen-bond acceptors (Lipinski definition) is 5. The average molecular weight is 543 g/mol. The van der Waals surface area contributed by atoms with Crippen molar-refractivity contribution in [3.63, 3.8) is 0 Å². The van der Waals surface area contributed by atoms with Crippen molar-refractivity contribution in [3.05, 3.63) is 105 Å². The summed E-state index contributed by atoms with van der Waals surface area (Å²) in [6, 6.07) is 18.7. The van der Waals surface area contributed by atoms with Crippen molar-refractivity contribution in [3.8, 4) is 11.5 Å². The molecule has 35 heavy (non-hydrogen) atoms. The van der Waals surface area contributed by atoms with Gasteiger partial charge in [0.1, 0.15) is 6.61 Å². The Morgan fingerprint density at radius 3 is 2.57 bits per heavy atom. The first-order chi connectivity index (χ1) is 16.9. The van der Waals surface area contributed by atoms with Crippen LogP contribution in [0.1, 0.15) is 16.7 Å². The SMILES string of the molecule is C=CCc1cc(/C=C2/SC(=S)N(c3ccc(Cl)cc3Cl)C2=O)cc(OC)c1OCc1ccccc1. The van der Waals surface area contributed by atoms with Crippen LogP contribution in [0, 0.1) is 0 Å². The number of benzene rings is 3. The fourth-order valence-electron chi connectivity index (χ4n) is 3.61. The fourth-order valence-corrected chi connectivity index (χ4v) is 5.39. The van der Waals surface area contributed by atoms with E-state index in [-0.39, 0.29) is 5.91 Å². The van der Waals surface area contributed by atoms with Gasteiger partial charge >= 0.3 is 0 Å². The van der Waals surface area contributed by atoms with Gasteiger partial charge in [-0.05, 0) is 54.0 Å². The normalized spacial score (nSPS) is 14.5. The summed E-state index contributed by atoms with van der Waals surface area (Å²) in [5.74, 6) is 0.967. The number of amides is 1. The van der Waals surface area contributed by atoms with Crippen LogP contribution in [0.4, 0.5) is 5.69 Å². The van der Waals surface area contributed by atoms with E-state index in [0.29, 0.717) is 49.5 Å². The number of methoxy groups -OCH3 is 1. The van der Waals surface area contributed by atoms with Crippen LogP contribution in [0.5, 0.6) is 11.5 Å². The minimum atomic E-state index is -0.252. The molecule has 0 spiro atoms. The quantitative estimate of drug-likeness (QED) is 0.166. The molecule has 0 atom stereocenters. The van der Waals surface area contributed by atoms with Crippen LogP contribution in [-0.2, 0) is 17.8 Å². The van der Waals surface area contributed by atoms with E-state index >= 15 is 0 Å². The molecule has 3 aromatic rings. The molecule has 8 heteroatoms. The molecular weight excluding hydrogens is 521 g/mol. The van der Waals surface area contributed by atoms with Gasteiger partial charge in [-0.3, -0.25) is 9.69 Å². The highest BCUT2D eigenvalue weighted by molar-refractivity contribution is 8.27. The van der Waals surface area contributed by atoms with Crippen LogP contribution in [-0.4, -0.2) is 17.3 Å². The Kier molecular flexibility index (Phi) is 8.19. The molecule has 0 aliphatic carbocycles. The third-order valence-corrected chi connectivity index (χ3v) is 7.05. The summed E-state index contributed by atoms with van der Waals surface area (Å²) in [5.41, 5.74) is 3.23. The summed E-state index contributed by atoms with van der Waals surface area (Å²) in [5, 5.41) is 0.834. The third-order valence-electron chi connectivity index (χ3n) is 5.21. The molecule has 1 heterocycles. The zero-order valence-corrected chi connectivity index (χ0v) is 21.9. The summed E-state index contributed by atoms with van der Waals surface area (Å²) in [6.07, 6.45) is 4.17. The highest BCUT2D eigenvalue weighted by atomic mass is 35.5. The molecule has 0 unspecified atom stereocenters. The lowest BCUT2D eigenvalue weighted by Gasteiger charge is -2.16. The molecule has 1 fully saturated rings. The third kappa shape index (κ3) is 5.73. The topological polar surface area (TPSA) is 38.8 Å². The van der Waals surface area contributed by atoms with E-state index in [1.807, 2.05) is 42.5 Å². The molecule has 0 radical (unpaired) electrons. The molecule has 0 bridgehead atoms. The Morgan fingerprint density at radius 1 is 1.11 bits per heavy atom. The molecule has 0 N–H and O–H groups in total. The number of nitrogens with zero attached hydrogens (tertiary/aromatic N) is 1. The second-order valence-electron chi connectivity index (χ2n) is 7.59. The molecule has 3 aromatic carbocycles. The number of halogens is 2. The maximum absolute atomic E-state index is 13.2. The smallest absolute Gasteiger partial charge is 0.270 e. The minimum Gasteiger partial charge on any atom is -0.493 e. The molecule has 1 aliphatic rings. The highest BCUT2D eigenvalue weighted by Gasteiger charge is 2.34. The summed E-state index contributed by atoms with van der Waals surface area (Å²) >= 11 is 19.0. The van der Waals surface area contributed by atoms with Crippen LogP contribution >= 0.6 is 47.2 Å². The Balaban J connectivity index is 1.66. The molecule has 1 saturated heterocycles. The van der Waals surface area contributed by atoms with Crippen LogP contribution in [0.15, 0.2) is 78.2 Å². The van der Waals surface area contributed by atoms with Gasteiger partial charge in [0.15, 0.2) is 15.8 Å². The fraction of sp³-hybridized carbons (Fsp3) is 0.111. The zero-order valence-electron chi connectivity index (χ0n) is 18.8. The molecule has 0 aromatic heterocycles. The second kappa shape index (κ2) is 11.3. The predicted octanol–water partition coefficient (Wildman–Crippen LogP) is 7.72. The zero-order chi connectivity index (χ0) is 24.9. The average Bonchev–Trinajstić information content (AvgIpc) is 3.11. The van der Waals surface area contributed by atoms with Gasteiger partial charge < -0.3 is 9.47 Å². The maximum Gasteiger partial charge on any atom is 0.270 e. The first kappa shape index (κ1) is 25.3. The molecule has 0 saturated carbocycles. The second-order valence-corrected chi connectivity index (χ2v) is 10.1. The van der Waals surface area contributed by atoms with Gasteiger partial charge in [-0.25, -0.2) is 0 Å². The van der Waals surface area contributed by atoms with E-state index < -0.39 is 0 Å². The van der Waals surface area contributed by atoms with Gasteiger partial charge in [-0.2, -0.15) is 0 Å². The van der Waals surface area contributed by atoms with E-state index in [9.17, 15) is 4.79 Å². The Morgan fingerprint density at radius 2 is 1.89 bits per heavy atom. The first-order valence-corrected chi connectivity index (χ1v) is 12.6. The molecule has 1 aliphatic heterocycles. The number of thiocarbonyl (C=S) groups is 1. The lowest BCUT2D eigenvalue weighted by atomic mass is 10.0. The van der Waals surface area contributed by atoms with Gasteiger partial charge in [-0.15, -0.1) is 6.58 Å². The number of rotatable bonds is 8. The number of carbonyl (C=O) groups is 1. The first-order valence-electron chi connectivity index (χ1n) is 10.6. The lowest BCUT2D eigenvalue weighted by molar-refractivity contribution is -0.113. The number of anilines is 1. The van der Waals surface area contributed by atoms with Crippen molar-refractivity contribution < 1.29 is 14.3 Å². The summed E-state index contributed by atoms with van der Waals surface area (Å²) < 4.78 is 12.2. The van der Waals surface area contributed by atoms with Crippen LogP contribution in [0.3, 0.4) is 0 Å². The highest BCUT2D eigenvalue weighted by Crippen LogP contribution is 2.41. The summed E-state index contributed by atoms with van der Waals surface area (Å²) in [7, 11) is 1.59. The van der Waals surface area contributed by atoms with Crippen LogP contribution < -0.4 is 14.4 Å². The largest absolute Gasteiger partial charge is 0.493 e. The van der Waals surface area contributed by atoms with Crippen molar-refractivity contribution in [2.75, 3.05) is 12.0 Å². The number of thioether (sulfide) groups is 1. The maximum atomic E-state index is 13.2. The van der Waals surface area contributed by atoms with Gasteiger partial charge in [0.2, 0.25) is 0 Å². The number of hydrogen-bond donors (Lipinski definition) is 0. The Labute approximate surface area is 224 Å². The summed E-state index contributed by atoms with van der Waals surface area (Å²) in [4.78, 5) is 15.1. The van der Waals surface area contributed by atoms with E-state index in [1.54, 1.807) is 37.5 Å². The minimum absolute atomic E-state index is 0.252. The lowest BCUT2D eigenvalue weighted by Crippen LogP contribution is -2.27. The van der Waals surface area contributed by atoms with E-state index in [0.717, 1.165) is 16.7 Å². The van der Waals surface area contributed by atoms with Crippen molar-refractivity contribution in [2.45, 2.75) is 13.0 Å². The van der Waals surface area contributed by atoms with Gasteiger partial charge in [0, 0.05) is 10.6 Å². The molecule has 4 rings (SSSR count). The van der Waals surface area contributed by atoms with Gasteiger partial charge in [0.05, 0.1) is 22.7 Å². The van der Waals surface area contributed by atoms with E-state index in [2.05, 4.69) is 6.58 Å². The van der Waals surface area contributed by atoms with Crippen molar-refractivity contribution in [1.29, 1.82) is 0 Å². The Hall–Kier alpha value is -2.77.